The van der Waals surface area contributed by atoms with Crippen LogP contribution in [-0.2, 0) is 6.54 Å². The van der Waals surface area contributed by atoms with Gasteiger partial charge in [0.2, 0.25) is 0 Å². The minimum Gasteiger partial charge on any atom is -0.385 e. The first kappa shape index (κ1) is 10.0. The first-order valence-corrected chi connectivity index (χ1v) is 5.22. The zero-order valence-corrected chi connectivity index (χ0v) is 9.08. The van der Waals surface area contributed by atoms with Crippen LogP contribution in [0, 0.1) is 5.92 Å². The van der Waals surface area contributed by atoms with Crippen molar-refractivity contribution in [2.24, 2.45) is 5.92 Å². The van der Waals surface area contributed by atoms with Crippen molar-refractivity contribution in [2.75, 3.05) is 19.4 Å². The second-order valence-electron chi connectivity index (χ2n) is 3.86. The Morgan fingerprint density at radius 3 is 2.87 bits per heavy atom. The van der Waals surface area contributed by atoms with Crippen molar-refractivity contribution < 1.29 is 4.79 Å². The summed E-state index contributed by atoms with van der Waals surface area (Å²) in [5, 5.41) is 9.85. The van der Waals surface area contributed by atoms with E-state index >= 15 is 0 Å². The summed E-state index contributed by atoms with van der Waals surface area (Å²) >= 11 is 0. The quantitative estimate of drug-likeness (QED) is 0.765. The molecule has 1 aliphatic carbocycles. The van der Waals surface area contributed by atoms with Crippen molar-refractivity contribution in [3.8, 4) is 0 Å². The highest BCUT2D eigenvalue weighted by Crippen LogP contribution is 2.31. The van der Waals surface area contributed by atoms with Crippen LogP contribution in [0.3, 0.4) is 0 Å². The molecule has 0 spiro atoms. The van der Waals surface area contributed by atoms with Gasteiger partial charge in [-0.2, -0.15) is 5.10 Å². The second-order valence-corrected chi connectivity index (χ2v) is 3.86. The molecule has 82 valence electrons. The number of nitrogens with zero attached hydrogens (tertiary/aromatic N) is 2. The number of carbonyl (C=O) groups excluding carboxylic acids is 1. The fourth-order valence-corrected chi connectivity index (χ4v) is 1.61. The lowest BCUT2D eigenvalue weighted by molar-refractivity contribution is 0.0952. The van der Waals surface area contributed by atoms with Gasteiger partial charge >= 0.3 is 0 Å². The van der Waals surface area contributed by atoms with Crippen molar-refractivity contribution in [3.05, 3.63) is 11.9 Å². The first-order valence-electron chi connectivity index (χ1n) is 5.22. The molecule has 0 aliphatic heterocycles. The molecule has 0 unspecified atom stereocenters. The Labute approximate surface area is 88.8 Å². The van der Waals surface area contributed by atoms with E-state index in [1.54, 1.807) is 25.0 Å². The monoisotopic (exact) mass is 208 g/mol. The van der Waals surface area contributed by atoms with Crippen LogP contribution in [0.4, 0.5) is 5.69 Å². The molecule has 0 radical (unpaired) electrons. The molecule has 0 aromatic carbocycles. The van der Waals surface area contributed by atoms with E-state index in [9.17, 15) is 4.79 Å². The molecule has 1 fully saturated rings. The highest BCUT2D eigenvalue weighted by molar-refractivity contribution is 5.97. The highest BCUT2D eigenvalue weighted by atomic mass is 16.1. The molecule has 1 amide bonds. The molecule has 0 bridgehead atoms. The van der Waals surface area contributed by atoms with Crippen LogP contribution < -0.4 is 10.6 Å². The van der Waals surface area contributed by atoms with E-state index in [0.717, 1.165) is 12.2 Å². The molecule has 0 saturated heterocycles. The van der Waals surface area contributed by atoms with Crippen molar-refractivity contribution in [2.45, 2.75) is 19.4 Å². The van der Waals surface area contributed by atoms with Gasteiger partial charge in [-0.15, -0.1) is 0 Å². The molecule has 2 N–H and O–H groups in total. The van der Waals surface area contributed by atoms with E-state index in [-0.39, 0.29) is 5.91 Å². The maximum atomic E-state index is 11.7. The van der Waals surface area contributed by atoms with Crippen LogP contribution >= 0.6 is 0 Å². The second kappa shape index (κ2) is 3.92. The van der Waals surface area contributed by atoms with Gasteiger partial charge in [0, 0.05) is 20.6 Å². The van der Waals surface area contributed by atoms with Crippen LogP contribution in [0.25, 0.3) is 0 Å². The van der Waals surface area contributed by atoms with Crippen molar-refractivity contribution >= 4 is 11.6 Å². The minimum absolute atomic E-state index is 0.0856. The van der Waals surface area contributed by atoms with Crippen molar-refractivity contribution in [3.63, 3.8) is 0 Å². The Morgan fingerprint density at radius 2 is 2.33 bits per heavy atom. The number of hydrogen-bond donors (Lipinski definition) is 2. The lowest BCUT2D eigenvalue weighted by Gasteiger charge is -2.07. The Kier molecular flexibility index (Phi) is 2.62. The SMILES string of the molecule is CNC(=O)c1c(NC)cnn1CC1CC1. The summed E-state index contributed by atoms with van der Waals surface area (Å²) in [4.78, 5) is 11.7. The Hall–Kier alpha value is -1.52. The topological polar surface area (TPSA) is 59.0 Å². The van der Waals surface area contributed by atoms with E-state index in [1.165, 1.54) is 12.8 Å². The third-order valence-electron chi connectivity index (χ3n) is 2.68. The number of aromatic nitrogens is 2. The van der Waals surface area contributed by atoms with Gasteiger partial charge in [0.05, 0.1) is 11.9 Å². The number of anilines is 1. The van der Waals surface area contributed by atoms with Gasteiger partial charge in [0.25, 0.3) is 5.91 Å². The molecule has 1 heterocycles. The van der Waals surface area contributed by atoms with Crippen molar-refractivity contribution in [1.82, 2.24) is 15.1 Å². The molecule has 1 aromatic rings. The Morgan fingerprint density at radius 1 is 1.60 bits per heavy atom. The standard InChI is InChI=1S/C10H16N4O/c1-11-8-5-13-14(6-7-3-4-7)9(8)10(15)12-2/h5,7,11H,3-4,6H2,1-2H3,(H,12,15). The average Bonchev–Trinajstić information content (AvgIpc) is 2.96. The molecule has 5 nitrogen and oxygen atoms in total. The van der Waals surface area contributed by atoms with E-state index in [2.05, 4.69) is 15.7 Å². The summed E-state index contributed by atoms with van der Waals surface area (Å²) < 4.78 is 1.79. The molecule has 1 aromatic heterocycles. The van der Waals surface area contributed by atoms with Gasteiger partial charge in [-0.1, -0.05) is 0 Å². The molecule has 1 aliphatic rings. The predicted octanol–water partition coefficient (Wildman–Crippen LogP) is 0.694. The fourth-order valence-electron chi connectivity index (χ4n) is 1.61. The smallest absolute Gasteiger partial charge is 0.271 e. The van der Waals surface area contributed by atoms with Gasteiger partial charge in [-0.3, -0.25) is 9.48 Å². The largest absolute Gasteiger partial charge is 0.385 e. The summed E-state index contributed by atoms with van der Waals surface area (Å²) in [7, 11) is 3.43. The zero-order chi connectivity index (χ0) is 10.8. The van der Waals surface area contributed by atoms with E-state index < -0.39 is 0 Å². The van der Waals surface area contributed by atoms with Crippen LogP contribution in [0.5, 0.6) is 0 Å². The van der Waals surface area contributed by atoms with Gasteiger partial charge < -0.3 is 10.6 Å². The molecular weight excluding hydrogens is 192 g/mol. The average molecular weight is 208 g/mol. The Balaban J connectivity index is 2.27. The van der Waals surface area contributed by atoms with Gasteiger partial charge in [0.15, 0.2) is 0 Å². The summed E-state index contributed by atoms with van der Waals surface area (Å²) in [6.07, 6.45) is 4.21. The maximum absolute atomic E-state index is 11.7. The first-order chi connectivity index (χ1) is 7.26. The maximum Gasteiger partial charge on any atom is 0.271 e. The number of carbonyl (C=O) groups is 1. The minimum atomic E-state index is -0.0856. The summed E-state index contributed by atoms with van der Waals surface area (Å²) in [6.45, 7) is 0.852. The molecule has 5 heteroatoms. The third-order valence-corrected chi connectivity index (χ3v) is 2.68. The zero-order valence-electron chi connectivity index (χ0n) is 9.08. The summed E-state index contributed by atoms with van der Waals surface area (Å²) in [5.74, 6) is 0.621. The summed E-state index contributed by atoms with van der Waals surface area (Å²) in [5.41, 5.74) is 1.42. The lowest BCUT2D eigenvalue weighted by atomic mass is 10.3. The predicted molar refractivity (Wildman–Crippen MR) is 57.9 cm³/mol. The number of nitrogens with one attached hydrogen (secondary N) is 2. The molecule has 2 rings (SSSR count). The van der Waals surface area contributed by atoms with E-state index in [4.69, 9.17) is 0 Å². The van der Waals surface area contributed by atoms with Crippen LogP contribution in [0.15, 0.2) is 6.20 Å². The molecule has 0 atom stereocenters. The molecular formula is C10H16N4O. The molecule has 15 heavy (non-hydrogen) atoms. The molecule has 1 saturated carbocycles. The lowest BCUT2D eigenvalue weighted by Crippen LogP contribution is -2.23. The van der Waals surface area contributed by atoms with Gasteiger partial charge in [-0.05, 0) is 18.8 Å². The number of amides is 1. The van der Waals surface area contributed by atoms with Crippen molar-refractivity contribution in [1.29, 1.82) is 0 Å². The van der Waals surface area contributed by atoms with E-state index in [1.807, 2.05) is 0 Å². The van der Waals surface area contributed by atoms with Crippen LogP contribution in [0.1, 0.15) is 23.3 Å². The van der Waals surface area contributed by atoms with Gasteiger partial charge in [0.1, 0.15) is 5.69 Å². The number of rotatable bonds is 4. The summed E-state index contributed by atoms with van der Waals surface area (Å²) in [6, 6.07) is 0. The normalized spacial score (nSPS) is 15.1. The third kappa shape index (κ3) is 1.95. The van der Waals surface area contributed by atoms with Crippen LogP contribution in [-0.4, -0.2) is 29.8 Å². The number of hydrogen-bond acceptors (Lipinski definition) is 3. The van der Waals surface area contributed by atoms with E-state index in [0.29, 0.717) is 11.6 Å². The van der Waals surface area contributed by atoms with Gasteiger partial charge in [-0.25, -0.2) is 0 Å². The Bertz CT molecular complexity index is 367. The highest BCUT2D eigenvalue weighted by Gasteiger charge is 2.25. The fraction of sp³-hybridized carbons (Fsp3) is 0.600. The van der Waals surface area contributed by atoms with Crippen LogP contribution in [0.2, 0.25) is 0 Å².